The van der Waals surface area contributed by atoms with Crippen molar-refractivity contribution in [2.45, 2.75) is 26.4 Å². The van der Waals surface area contributed by atoms with Crippen LogP contribution in [0.25, 0.3) is 22.4 Å². The Hall–Kier alpha value is -3.84. The number of rotatable bonds is 7. The number of aromatic nitrogens is 2. The molecule has 174 valence electrons. The number of H-pyrrole nitrogens is 1. The monoisotopic (exact) mass is 477 g/mol. The summed E-state index contributed by atoms with van der Waals surface area (Å²) in [5.74, 6) is 0.173. The van der Waals surface area contributed by atoms with Gasteiger partial charge < -0.3 is 19.8 Å². The van der Waals surface area contributed by atoms with Crippen molar-refractivity contribution >= 4 is 40.2 Å². The van der Waals surface area contributed by atoms with E-state index in [1.807, 2.05) is 31.2 Å². The topological polar surface area (TPSA) is 93.3 Å². The highest BCUT2D eigenvalue weighted by Crippen LogP contribution is 2.27. The van der Waals surface area contributed by atoms with Gasteiger partial charge in [-0.2, -0.15) is 0 Å². The van der Waals surface area contributed by atoms with E-state index in [-0.39, 0.29) is 0 Å². The third-order valence-corrected chi connectivity index (χ3v) is 5.67. The molecule has 0 aliphatic carbocycles. The molecule has 1 heterocycles. The summed E-state index contributed by atoms with van der Waals surface area (Å²) in [6.45, 7) is 3.79. The predicted molar refractivity (Wildman–Crippen MR) is 132 cm³/mol. The SMILES string of the molecule is CCC(OC(=O)c1ccc2nc(-c3ccc(C)cc3)[nH]c2c1)C(=O)Nc1ccc(OC)c(Cl)c1. The molecule has 4 rings (SSSR count). The first-order valence-electron chi connectivity index (χ1n) is 10.8. The highest BCUT2D eigenvalue weighted by atomic mass is 35.5. The number of hydrogen-bond acceptors (Lipinski definition) is 5. The van der Waals surface area contributed by atoms with Crippen LogP contribution in [0.3, 0.4) is 0 Å². The van der Waals surface area contributed by atoms with E-state index in [0.29, 0.717) is 39.8 Å². The van der Waals surface area contributed by atoms with Gasteiger partial charge in [-0.1, -0.05) is 48.4 Å². The molecule has 7 nitrogen and oxygen atoms in total. The van der Waals surface area contributed by atoms with Crippen molar-refractivity contribution in [1.82, 2.24) is 9.97 Å². The molecule has 0 spiro atoms. The lowest BCUT2D eigenvalue weighted by molar-refractivity contribution is -0.124. The van der Waals surface area contributed by atoms with Crippen molar-refractivity contribution < 1.29 is 19.1 Å². The van der Waals surface area contributed by atoms with Crippen molar-refractivity contribution in [3.05, 3.63) is 76.8 Å². The van der Waals surface area contributed by atoms with Gasteiger partial charge in [0.15, 0.2) is 6.10 Å². The number of carbonyl (C=O) groups excluding carboxylic acids is 2. The quantitative estimate of drug-likeness (QED) is 0.329. The Morgan fingerprint density at radius 1 is 1.09 bits per heavy atom. The van der Waals surface area contributed by atoms with Crippen LogP contribution in [-0.4, -0.2) is 35.1 Å². The Kier molecular flexibility index (Phi) is 6.84. The lowest BCUT2D eigenvalue weighted by atomic mass is 10.1. The van der Waals surface area contributed by atoms with Crippen LogP contribution in [0.5, 0.6) is 5.75 Å². The summed E-state index contributed by atoms with van der Waals surface area (Å²) in [6.07, 6.45) is -0.653. The van der Waals surface area contributed by atoms with Gasteiger partial charge >= 0.3 is 5.97 Å². The Morgan fingerprint density at radius 3 is 2.53 bits per heavy atom. The molecule has 34 heavy (non-hydrogen) atoms. The average molecular weight is 478 g/mol. The molecule has 8 heteroatoms. The smallest absolute Gasteiger partial charge is 0.338 e. The second-order valence-electron chi connectivity index (χ2n) is 7.82. The van der Waals surface area contributed by atoms with E-state index in [1.165, 1.54) is 7.11 Å². The maximum atomic E-state index is 12.8. The molecule has 1 atom stereocenters. The van der Waals surface area contributed by atoms with E-state index in [4.69, 9.17) is 21.1 Å². The Labute approximate surface area is 202 Å². The number of aryl methyl sites for hydroxylation is 1. The first-order valence-corrected chi connectivity index (χ1v) is 11.2. The predicted octanol–water partition coefficient (Wildman–Crippen LogP) is 5.77. The van der Waals surface area contributed by atoms with Crippen LogP contribution in [0, 0.1) is 6.92 Å². The molecular weight excluding hydrogens is 454 g/mol. The fourth-order valence-electron chi connectivity index (χ4n) is 3.47. The zero-order chi connectivity index (χ0) is 24.2. The third-order valence-electron chi connectivity index (χ3n) is 5.37. The molecule has 1 amide bonds. The van der Waals surface area contributed by atoms with Crippen molar-refractivity contribution in [3.8, 4) is 17.1 Å². The summed E-state index contributed by atoms with van der Waals surface area (Å²) in [6, 6.07) is 18.0. The maximum absolute atomic E-state index is 12.8. The average Bonchev–Trinajstić information content (AvgIpc) is 3.26. The zero-order valence-corrected chi connectivity index (χ0v) is 19.8. The number of nitrogens with one attached hydrogen (secondary N) is 2. The molecule has 0 aliphatic heterocycles. The van der Waals surface area contributed by atoms with Crippen LogP contribution in [0.2, 0.25) is 5.02 Å². The lowest BCUT2D eigenvalue weighted by Crippen LogP contribution is -2.32. The molecule has 0 fully saturated rings. The summed E-state index contributed by atoms with van der Waals surface area (Å²) < 4.78 is 10.6. The molecule has 4 aromatic rings. The van der Waals surface area contributed by atoms with Gasteiger partial charge in [0.05, 0.1) is 28.7 Å². The van der Waals surface area contributed by atoms with Crippen molar-refractivity contribution in [2.75, 3.05) is 12.4 Å². The van der Waals surface area contributed by atoms with Crippen molar-refractivity contribution in [2.24, 2.45) is 0 Å². The number of nitrogens with zero attached hydrogens (tertiary/aromatic N) is 1. The summed E-state index contributed by atoms with van der Waals surface area (Å²) >= 11 is 6.12. The second kappa shape index (κ2) is 9.97. The van der Waals surface area contributed by atoms with Crippen LogP contribution >= 0.6 is 11.6 Å². The van der Waals surface area contributed by atoms with E-state index < -0.39 is 18.0 Å². The van der Waals surface area contributed by atoms with Gasteiger partial charge in [0.1, 0.15) is 11.6 Å². The van der Waals surface area contributed by atoms with Crippen LogP contribution in [0.4, 0.5) is 5.69 Å². The molecule has 3 aromatic carbocycles. The molecule has 0 radical (unpaired) electrons. The number of fused-ring (bicyclic) bond motifs is 1. The number of esters is 1. The highest BCUT2D eigenvalue weighted by Gasteiger charge is 2.23. The van der Waals surface area contributed by atoms with Crippen LogP contribution in [0.1, 0.15) is 29.3 Å². The fraction of sp³-hybridized carbons (Fsp3) is 0.192. The minimum atomic E-state index is -0.964. The Balaban J connectivity index is 1.47. The van der Waals surface area contributed by atoms with Crippen LogP contribution in [-0.2, 0) is 9.53 Å². The normalized spacial score (nSPS) is 11.8. The Morgan fingerprint density at radius 2 is 1.85 bits per heavy atom. The first kappa shape index (κ1) is 23.3. The third kappa shape index (κ3) is 5.05. The van der Waals surface area contributed by atoms with E-state index in [9.17, 15) is 9.59 Å². The first-order chi connectivity index (χ1) is 16.4. The van der Waals surface area contributed by atoms with Gasteiger partial charge in [-0.15, -0.1) is 0 Å². The summed E-state index contributed by atoms with van der Waals surface area (Å²) in [5.41, 5.74) is 4.35. The number of methoxy groups -OCH3 is 1. The second-order valence-corrected chi connectivity index (χ2v) is 8.23. The molecule has 0 saturated carbocycles. The minimum absolute atomic E-state index is 0.311. The molecule has 1 aromatic heterocycles. The number of imidazole rings is 1. The van der Waals surface area contributed by atoms with Crippen LogP contribution < -0.4 is 10.1 Å². The van der Waals surface area contributed by atoms with Gasteiger partial charge in [-0.05, 0) is 49.7 Å². The van der Waals surface area contributed by atoms with Crippen molar-refractivity contribution in [3.63, 3.8) is 0 Å². The lowest BCUT2D eigenvalue weighted by Gasteiger charge is -2.16. The molecule has 0 bridgehead atoms. The molecule has 2 N–H and O–H groups in total. The Bertz CT molecular complexity index is 1350. The number of amides is 1. The van der Waals surface area contributed by atoms with Crippen molar-refractivity contribution in [1.29, 1.82) is 0 Å². The number of aromatic amines is 1. The van der Waals surface area contributed by atoms with Gasteiger partial charge in [0, 0.05) is 11.3 Å². The van der Waals surface area contributed by atoms with Gasteiger partial charge in [0.25, 0.3) is 5.91 Å². The number of benzene rings is 3. The molecular formula is C26H24ClN3O4. The van der Waals surface area contributed by atoms with Gasteiger partial charge in [-0.25, -0.2) is 9.78 Å². The highest BCUT2D eigenvalue weighted by molar-refractivity contribution is 6.32. The van der Waals surface area contributed by atoms with E-state index >= 15 is 0 Å². The van der Waals surface area contributed by atoms with Gasteiger partial charge in [0.2, 0.25) is 0 Å². The summed E-state index contributed by atoms with van der Waals surface area (Å²) in [4.78, 5) is 33.3. The summed E-state index contributed by atoms with van der Waals surface area (Å²) in [7, 11) is 1.51. The zero-order valence-electron chi connectivity index (χ0n) is 19.0. The van der Waals surface area contributed by atoms with E-state index in [2.05, 4.69) is 15.3 Å². The number of hydrogen-bond donors (Lipinski definition) is 2. The number of carbonyl (C=O) groups is 2. The number of ether oxygens (including phenoxy) is 2. The minimum Gasteiger partial charge on any atom is -0.495 e. The number of anilines is 1. The van der Waals surface area contributed by atoms with Gasteiger partial charge in [-0.3, -0.25) is 4.79 Å². The number of halogens is 1. The van der Waals surface area contributed by atoms with Crippen LogP contribution in [0.15, 0.2) is 60.7 Å². The molecule has 0 aliphatic rings. The molecule has 1 unspecified atom stereocenters. The molecule has 0 saturated heterocycles. The van der Waals surface area contributed by atoms with E-state index in [0.717, 1.165) is 16.6 Å². The maximum Gasteiger partial charge on any atom is 0.338 e. The fourth-order valence-corrected chi connectivity index (χ4v) is 3.73. The largest absolute Gasteiger partial charge is 0.495 e. The summed E-state index contributed by atoms with van der Waals surface area (Å²) in [5, 5.41) is 3.09. The standard InChI is InChI=1S/C26H24ClN3O4/c1-4-22(25(31)28-18-10-12-23(33-3)19(27)14-18)34-26(32)17-9-11-20-21(13-17)30-24(29-20)16-7-5-15(2)6-8-16/h5-14,22H,4H2,1-3H3,(H,28,31)(H,29,30). The van der Waals surface area contributed by atoms with E-state index in [1.54, 1.807) is 43.3 Å².